The first-order valence-corrected chi connectivity index (χ1v) is 7.18. The fraction of sp³-hybridized carbons (Fsp3) is 0.333. The predicted molar refractivity (Wildman–Crippen MR) is 88.8 cm³/mol. The molecule has 0 atom stereocenters. The van der Waals surface area contributed by atoms with Crippen molar-refractivity contribution in [3.05, 3.63) is 58.7 Å². The Bertz CT molecular complexity index is 568. The van der Waals surface area contributed by atoms with E-state index in [0.29, 0.717) is 0 Å². The summed E-state index contributed by atoms with van der Waals surface area (Å²) in [5.74, 6) is 0. The van der Waals surface area contributed by atoms with Gasteiger partial charge in [0.25, 0.3) is 0 Å². The molecule has 2 nitrogen and oxygen atoms in total. The molecule has 20 heavy (non-hydrogen) atoms. The molecule has 0 aromatic heterocycles. The van der Waals surface area contributed by atoms with E-state index in [0.717, 1.165) is 13.1 Å². The highest BCUT2D eigenvalue weighted by atomic mass is 14.9. The summed E-state index contributed by atoms with van der Waals surface area (Å²) in [4.78, 5) is 0. The van der Waals surface area contributed by atoms with Crippen LogP contribution in [0.4, 0.5) is 11.4 Å². The zero-order valence-electron chi connectivity index (χ0n) is 12.9. The van der Waals surface area contributed by atoms with Crippen LogP contribution in [-0.4, -0.2) is 13.1 Å². The van der Waals surface area contributed by atoms with E-state index in [1.165, 1.54) is 33.6 Å². The molecule has 0 saturated carbocycles. The van der Waals surface area contributed by atoms with Gasteiger partial charge in [-0.3, -0.25) is 0 Å². The Morgan fingerprint density at radius 1 is 0.700 bits per heavy atom. The lowest BCUT2D eigenvalue weighted by Gasteiger charge is -2.12. The summed E-state index contributed by atoms with van der Waals surface area (Å²) >= 11 is 0. The molecule has 0 heterocycles. The topological polar surface area (TPSA) is 24.1 Å². The van der Waals surface area contributed by atoms with Gasteiger partial charge in [0.05, 0.1) is 0 Å². The highest BCUT2D eigenvalue weighted by Crippen LogP contribution is 2.16. The van der Waals surface area contributed by atoms with Crippen LogP contribution in [0.2, 0.25) is 0 Å². The van der Waals surface area contributed by atoms with Gasteiger partial charge in [-0.1, -0.05) is 23.8 Å². The summed E-state index contributed by atoms with van der Waals surface area (Å²) < 4.78 is 0. The van der Waals surface area contributed by atoms with Crippen molar-refractivity contribution in [3.8, 4) is 0 Å². The van der Waals surface area contributed by atoms with Gasteiger partial charge in [0, 0.05) is 24.5 Å². The lowest BCUT2D eigenvalue weighted by molar-refractivity contribution is 1.07. The Morgan fingerprint density at radius 3 is 2.00 bits per heavy atom. The summed E-state index contributed by atoms with van der Waals surface area (Å²) in [6, 6.07) is 13.1. The molecule has 2 aromatic rings. The summed E-state index contributed by atoms with van der Waals surface area (Å²) in [6.07, 6.45) is 0. The van der Waals surface area contributed by atoms with Crippen molar-refractivity contribution in [3.63, 3.8) is 0 Å². The molecule has 0 radical (unpaired) electrons. The van der Waals surface area contributed by atoms with E-state index in [4.69, 9.17) is 0 Å². The average Bonchev–Trinajstić information content (AvgIpc) is 2.35. The second-order valence-corrected chi connectivity index (χ2v) is 5.55. The third kappa shape index (κ3) is 4.02. The SMILES string of the molecule is Cc1cc(C)cc(NCCNc2ccc(C)cc2C)c1. The third-order valence-electron chi connectivity index (χ3n) is 3.37. The van der Waals surface area contributed by atoms with Crippen LogP contribution in [0.1, 0.15) is 22.3 Å². The van der Waals surface area contributed by atoms with Crippen molar-refractivity contribution in [2.75, 3.05) is 23.7 Å². The number of hydrogen-bond donors (Lipinski definition) is 2. The van der Waals surface area contributed by atoms with Crippen LogP contribution in [0.25, 0.3) is 0 Å². The van der Waals surface area contributed by atoms with Crippen LogP contribution in [0.3, 0.4) is 0 Å². The summed E-state index contributed by atoms with van der Waals surface area (Å²) in [6.45, 7) is 10.4. The minimum absolute atomic E-state index is 0.913. The largest absolute Gasteiger partial charge is 0.383 e. The molecule has 0 aliphatic heterocycles. The molecule has 2 aromatic carbocycles. The monoisotopic (exact) mass is 268 g/mol. The Labute approximate surface area is 122 Å². The fourth-order valence-corrected chi connectivity index (χ4v) is 2.49. The number of nitrogens with one attached hydrogen (secondary N) is 2. The molecule has 0 amide bonds. The molecule has 106 valence electrons. The van der Waals surface area contributed by atoms with Crippen molar-refractivity contribution in [2.24, 2.45) is 0 Å². The van der Waals surface area contributed by atoms with E-state index in [9.17, 15) is 0 Å². The quantitative estimate of drug-likeness (QED) is 0.783. The minimum atomic E-state index is 0.913. The second kappa shape index (κ2) is 6.47. The van der Waals surface area contributed by atoms with Gasteiger partial charge >= 0.3 is 0 Å². The van der Waals surface area contributed by atoms with Crippen molar-refractivity contribution in [2.45, 2.75) is 27.7 Å². The van der Waals surface area contributed by atoms with Gasteiger partial charge in [-0.2, -0.15) is 0 Å². The first-order chi connectivity index (χ1) is 9.54. The van der Waals surface area contributed by atoms with Crippen LogP contribution in [-0.2, 0) is 0 Å². The van der Waals surface area contributed by atoms with Gasteiger partial charge in [-0.25, -0.2) is 0 Å². The summed E-state index contributed by atoms with van der Waals surface area (Å²) in [5.41, 5.74) is 7.63. The Morgan fingerprint density at radius 2 is 1.35 bits per heavy atom. The molecule has 0 aliphatic carbocycles. The predicted octanol–water partition coefficient (Wildman–Crippen LogP) is 4.44. The van der Waals surface area contributed by atoms with Crippen LogP contribution < -0.4 is 10.6 Å². The number of benzene rings is 2. The molecular formula is C18H24N2. The van der Waals surface area contributed by atoms with Crippen LogP contribution in [0.5, 0.6) is 0 Å². The Kier molecular flexibility index (Phi) is 4.67. The molecule has 0 unspecified atom stereocenters. The molecule has 0 bridgehead atoms. The highest BCUT2D eigenvalue weighted by Gasteiger charge is 1.98. The standard InChI is InChI=1S/C18H24N2/c1-13-5-6-18(16(4)10-13)20-8-7-19-17-11-14(2)9-15(3)12-17/h5-6,9-12,19-20H,7-8H2,1-4H3. The zero-order chi connectivity index (χ0) is 14.5. The van der Waals surface area contributed by atoms with Gasteiger partial charge in [-0.15, -0.1) is 0 Å². The second-order valence-electron chi connectivity index (χ2n) is 5.55. The Hall–Kier alpha value is -1.96. The number of rotatable bonds is 5. The lowest BCUT2D eigenvalue weighted by atomic mass is 10.1. The van der Waals surface area contributed by atoms with Gasteiger partial charge < -0.3 is 10.6 Å². The number of anilines is 2. The molecule has 0 spiro atoms. The van der Waals surface area contributed by atoms with Crippen molar-refractivity contribution < 1.29 is 0 Å². The maximum Gasteiger partial charge on any atom is 0.0370 e. The smallest absolute Gasteiger partial charge is 0.0370 e. The van der Waals surface area contributed by atoms with E-state index in [-0.39, 0.29) is 0 Å². The summed E-state index contributed by atoms with van der Waals surface area (Å²) in [7, 11) is 0. The molecule has 2 rings (SSSR count). The maximum absolute atomic E-state index is 3.48. The fourth-order valence-electron chi connectivity index (χ4n) is 2.49. The molecule has 2 N–H and O–H groups in total. The van der Waals surface area contributed by atoms with Gasteiger partial charge in [-0.05, 0) is 62.6 Å². The number of aryl methyl sites for hydroxylation is 4. The average molecular weight is 268 g/mol. The minimum Gasteiger partial charge on any atom is -0.383 e. The lowest BCUT2D eigenvalue weighted by Crippen LogP contribution is -2.14. The van der Waals surface area contributed by atoms with E-state index in [2.05, 4.69) is 74.7 Å². The van der Waals surface area contributed by atoms with Gasteiger partial charge in [0.15, 0.2) is 0 Å². The van der Waals surface area contributed by atoms with Gasteiger partial charge in [0.1, 0.15) is 0 Å². The van der Waals surface area contributed by atoms with Crippen molar-refractivity contribution in [1.29, 1.82) is 0 Å². The van der Waals surface area contributed by atoms with E-state index < -0.39 is 0 Å². The van der Waals surface area contributed by atoms with Crippen LogP contribution in [0, 0.1) is 27.7 Å². The van der Waals surface area contributed by atoms with Crippen molar-refractivity contribution >= 4 is 11.4 Å². The maximum atomic E-state index is 3.48. The van der Waals surface area contributed by atoms with Gasteiger partial charge in [0.2, 0.25) is 0 Å². The molecule has 0 aliphatic rings. The van der Waals surface area contributed by atoms with Crippen LogP contribution >= 0.6 is 0 Å². The van der Waals surface area contributed by atoms with E-state index >= 15 is 0 Å². The highest BCUT2D eigenvalue weighted by molar-refractivity contribution is 5.52. The first-order valence-electron chi connectivity index (χ1n) is 7.18. The van der Waals surface area contributed by atoms with E-state index in [1.807, 2.05) is 0 Å². The third-order valence-corrected chi connectivity index (χ3v) is 3.37. The zero-order valence-corrected chi connectivity index (χ0v) is 12.9. The molecule has 2 heteroatoms. The molecular weight excluding hydrogens is 244 g/mol. The first kappa shape index (κ1) is 14.4. The molecule has 0 saturated heterocycles. The summed E-state index contributed by atoms with van der Waals surface area (Å²) in [5, 5.41) is 6.94. The van der Waals surface area contributed by atoms with Crippen LogP contribution in [0.15, 0.2) is 36.4 Å². The number of hydrogen-bond acceptors (Lipinski definition) is 2. The Balaban J connectivity index is 1.84. The normalized spacial score (nSPS) is 10.4. The van der Waals surface area contributed by atoms with E-state index in [1.54, 1.807) is 0 Å². The molecule has 0 fully saturated rings. The van der Waals surface area contributed by atoms with Crippen molar-refractivity contribution in [1.82, 2.24) is 0 Å².